The molecule has 0 saturated heterocycles. The van der Waals surface area contributed by atoms with Crippen LogP contribution in [0, 0.1) is 0 Å². The average molecular weight is 208 g/mol. The second kappa shape index (κ2) is 5.41. The fourth-order valence-corrected chi connectivity index (χ4v) is 1.24. The number of aliphatic hydroxyl groups is 1. The summed E-state index contributed by atoms with van der Waals surface area (Å²) in [6.07, 6.45) is 1.89. The summed E-state index contributed by atoms with van der Waals surface area (Å²) in [5, 5.41) is 8.92. The number of hydrogen-bond donors (Lipinski definition) is 1. The predicted octanol–water partition coefficient (Wildman–Crippen LogP) is 2.10. The van der Waals surface area contributed by atoms with Crippen LogP contribution in [0.25, 0.3) is 6.08 Å². The Labute approximate surface area is 90.0 Å². The van der Waals surface area contributed by atoms with Gasteiger partial charge in [0.15, 0.2) is 0 Å². The maximum absolute atomic E-state index is 8.92. The van der Waals surface area contributed by atoms with Crippen LogP contribution in [0.1, 0.15) is 12.5 Å². The molecule has 0 aliphatic heterocycles. The Morgan fingerprint density at radius 1 is 1.20 bits per heavy atom. The first kappa shape index (κ1) is 11.6. The first-order valence-corrected chi connectivity index (χ1v) is 4.70. The molecule has 0 saturated carbocycles. The van der Waals surface area contributed by atoms with E-state index in [0.717, 1.165) is 22.6 Å². The third-order valence-electron chi connectivity index (χ3n) is 2.04. The molecule has 1 aromatic rings. The SMILES string of the molecule is COc1cc(C=C(C)CO)cc(OC)c1. The molecule has 0 heterocycles. The van der Waals surface area contributed by atoms with Crippen LogP contribution in [0.3, 0.4) is 0 Å². The molecule has 0 radical (unpaired) electrons. The van der Waals surface area contributed by atoms with Crippen molar-refractivity contribution in [1.29, 1.82) is 0 Å². The highest BCUT2D eigenvalue weighted by atomic mass is 16.5. The summed E-state index contributed by atoms with van der Waals surface area (Å²) in [5.41, 5.74) is 1.85. The van der Waals surface area contributed by atoms with Crippen LogP contribution < -0.4 is 9.47 Å². The fourth-order valence-electron chi connectivity index (χ4n) is 1.24. The number of methoxy groups -OCH3 is 2. The summed E-state index contributed by atoms with van der Waals surface area (Å²) in [6.45, 7) is 1.92. The molecular weight excluding hydrogens is 192 g/mol. The van der Waals surface area contributed by atoms with E-state index in [1.807, 2.05) is 31.2 Å². The maximum atomic E-state index is 8.92. The van der Waals surface area contributed by atoms with Gasteiger partial charge in [0.05, 0.1) is 20.8 Å². The Kier molecular flexibility index (Phi) is 4.18. The quantitative estimate of drug-likeness (QED) is 0.823. The smallest absolute Gasteiger partial charge is 0.123 e. The van der Waals surface area contributed by atoms with Crippen molar-refractivity contribution in [2.45, 2.75) is 6.92 Å². The van der Waals surface area contributed by atoms with Crippen LogP contribution in [-0.4, -0.2) is 25.9 Å². The van der Waals surface area contributed by atoms with Crippen molar-refractivity contribution in [2.75, 3.05) is 20.8 Å². The van der Waals surface area contributed by atoms with Crippen molar-refractivity contribution in [3.05, 3.63) is 29.3 Å². The lowest BCUT2D eigenvalue weighted by Gasteiger charge is -2.06. The standard InChI is InChI=1S/C12H16O3/c1-9(8-13)4-10-5-11(14-2)7-12(6-10)15-3/h4-7,13H,8H2,1-3H3. The topological polar surface area (TPSA) is 38.7 Å². The molecule has 3 heteroatoms. The number of rotatable bonds is 4. The van der Waals surface area contributed by atoms with E-state index in [0.29, 0.717) is 0 Å². The van der Waals surface area contributed by atoms with Gasteiger partial charge in [-0.2, -0.15) is 0 Å². The van der Waals surface area contributed by atoms with E-state index >= 15 is 0 Å². The van der Waals surface area contributed by atoms with Gasteiger partial charge in [0.1, 0.15) is 11.5 Å². The molecule has 0 unspecified atom stereocenters. The van der Waals surface area contributed by atoms with Crippen LogP contribution in [0.5, 0.6) is 11.5 Å². The molecular formula is C12H16O3. The fraction of sp³-hybridized carbons (Fsp3) is 0.333. The second-order valence-corrected chi connectivity index (χ2v) is 3.29. The number of aliphatic hydroxyl groups excluding tert-OH is 1. The van der Waals surface area contributed by atoms with Crippen LogP contribution >= 0.6 is 0 Å². The maximum Gasteiger partial charge on any atom is 0.123 e. The molecule has 0 spiro atoms. The minimum atomic E-state index is 0.0551. The van der Waals surface area contributed by atoms with Crippen molar-refractivity contribution < 1.29 is 14.6 Å². The Bertz CT molecular complexity index is 334. The van der Waals surface area contributed by atoms with Gasteiger partial charge >= 0.3 is 0 Å². The molecule has 0 atom stereocenters. The largest absolute Gasteiger partial charge is 0.497 e. The molecule has 0 aliphatic rings. The van der Waals surface area contributed by atoms with Crippen molar-refractivity contribution in [3.8, 4) is 11.5 Å². The Hall–Kier alpha value is -1.48. The molecule has 1 rings (SSSR count). The zero-order chi connectivity index (χ0) is 11.3. The number of hydrogen-bond acceptors (Lipinski definition) is 3. The first-order chi connectivity index (χ1) is 7.19. The van der Waals surface area contributed by atoms with E-state index < -0.39 is 0 Å². The van der Waals surface area contributed by atoms with Crippen molar-refractivity contribution in [1.82, 2.24) is 0 Å². The van der Waals surface area contributed by atoms with E-state index in [1.54, 1.807) is 14.2 Å². The minimum absolute atomic E-state index is 0.0551. The molecule has 0 fully saturated rings. The van der Waals surface area contributed by atoms with Gasteiger partial charge in [0.2, 0.25) is 0 Å². The van der Waals surface area contributed by atoms with E-state index in [-0.39, 0.29) is 6.61 Å². The van der Waals surface area contributed by atoms with Crippen molar-refractivity contribution in [3.63, 3.8) is 0 Å². The highest BCUT2D eigenvalue weighted by Crippen LogP contribution is 2.23. The zero-order valence-corrected chi connectivity index (χ0v) is 9.28. The van der Waals surface area contributed by atoms with E-state index in [9.17, 15) is 0 Å². The molecule has 15 heavy (non-hydrogen) atoms. The van der Waals surface area contributed by atoms with E-state index in [2.05, 4.69) is 0 Å². The van der Waals surface area contributed by atoms with E-state index in [1.165, 1.54) is 0 Å². The molecule has 1 aromatic carbocycles. The van der Waals surface area contributed by atoms with Crippen LogP contribution in [0.15, 0.2) is 23.8 Å². The highest BCUT2D eigenvalue weighted by Gasteiger charge is 1.99. The van der Waals surface area contributed by atoms with Gasteiger partial charge in [-0.25, -0.2) is 0 Å². The molecule has 82 valence electrons. The summed E-state index contributed by atoms with van der Waals surface area (Å²) < 4.78 is 10.3. The van der Waals surface area contributed by atoms with Gasteiger partial charge in [-0.3, -0.25) is 0 Å². The van der Waals surface area contributed by atoms with Crippen molar-refractivity contribution >= 4 is 6.08 Å². The molecule has 1 N–H and O–H groups in total. The third-order valence-corrected chi connectivity index (χ3v) is 2.04. The predicted molar refractivity (Wildman–Crippen MR) is 60.3 cm³/mol. The Balaban J connectivity index is 3.07. The lowest BCUT2D eigenvalue weighted by atomic mass is 10.1. The van der Waals surface area contributed by atoms with E-state index in [4.69, 9.17) is 14.6 Å². The third kappa shape index (κ3) is 3.29. The number of benzene rings is 1. The molecule has 0 aromatic heterocycles. The zero-order valence-electron chi connectivity index (χ0n) is 9.28. The summed E-state index contributed by atoms with van der Waals surface area (Å²) in [6, 6.07) is 5.59. The molecule has 0 aliphatic carbocycles. The lowest BCUT2D eigenvalue weighted by Crippen LogP contribution is -1.89. The van der Waals surface area contributed by atoms with Crippen LogP contribution in [0.2, 0.25) is 0 Å². The molecule has 3 nitrogen and oxygen atoms in total. The van der Waals surface area contributed by atoms with Gasteiger partial charge in [-0.15, -0.1) is 0 Å². The highest BCUT2D eigenvalue weighted by molar-refractivity contribution is 5.57. The van der Waals surface area contributed by atoms with Gasteiger partial charge in [0, 0.05) is 6.07 Å². The van der Waals surface area contributed by atoms with Gasteiger partial charge in [0.25, 0.3) is 0 Å². The average Bonchev–Trinajstić information content (AvgIpc) is 2.28. The molecule has 0 bridgehead atoms. The Morgan fingerprint density at radius 3 is 2.13 bits per heavy atom. The molecule has 0 amide bonds. The monoisotopic (exact) mass is 208 g/mol. The summed E-state index contributed by atoms with van der Waals surface area (Å²) in [4.78, 5) is 0. The van der Waals surface area contributed by atoms with Gasteiger partial charge in [-0.05, 0) is 30.2 Å². The first-order valence-electron chi connectivity index (χ1n) is 4.70. The summed E-state index contributed by atoms with van der Waals surface area (Å²) in [5.74, 6) is 1.48. The summed E-state index contributed by atoms with van der Waals surface area (Å²) in [7, 11) is 3.22. The summed E-state index contributed by atoms with van der Waals surface area (Å²) >= 11 is 0. The van der Waals surface area contributed by atoms with Crippen LogP contribution in [0.4, 0.5) is 0 Å². The van der Waals surface area contributed by atoms with Gasteiger partial charge in [-0.1, -0.05) is 6.08 Å². The normalized spacial score (nSPS) is 11.3. The second-order valence-electron chi connectivity index (χ2n) is 3.29. The number of ether oxygens (including phenoxy) is 2. The Morgan fingerprint density at radius 2 is 1.73 bits per heavy atom. The van der Waals surface area contributed by atoms with Crippen molar-refractivity contribution in [2.24, 2.45) is 0 Å². The lowest BCUT2D eigenvalue weighted by molar-refractivity contribution is 0.332. The minimum Gasteiger partial charge on any atom is -0.497 e. The van der Waals surface area contributed by atoms with Crippen LogP contribution in [-0.2, 0) is 0 Å². The van der Waals surface area contributed by atoms with Gasteiger partial charge < -0.3 is 14.6 Å².